The largest absolute Gasteiger partial charge is 0.377 e. The first kappa shape index (κ1) is 14.0. The van der Waals surface area contributed by atoms with Gasteiger partial charge in [0.1, 0.15) is 5.15 Å². The van der Waals surface area contributed by atoms with Gasteiger partial charge >= 0.3 is 5.69 Å². The molecule has 1 unspecified atom stereocenters. The van der Waals surface area contributed by atoms with Crippen LogP contribution in [0.5, 0.6) is 0 Å². The second-order valence-corrected chi connectivity index (χ2v) is 4.79. The lowest BCUT2D eigenvalue weighted by Gasteiger charge is -2.32. The Morgan fingerprint density at radius 2 is 2.42 bits per heavy atom. The molecule has 1 aliphatic rings. The Kier molecular flexibility index (Phi) is 4.55. The molecule has 0 bridgehead atoms. The van der Waals surface area contributed by atoms with E-state index in [9.17, 15) is 10.1 Å². The Hall–Kier alpha value is -1.40. The number of hydrogen-bond donors (Lipinski definition) is 0. The molecule has 104 valence electrons. The second-order valence-electron chi connectivity index (χ2n) is 4.40. The highest BCUT2D eigenvalue weighted by atomic mass is 35.5. The van der Waals surface area contributed by atoms with E-state index in [4.69, 9.17) is 16.3 Å². The Morgan fingerprint density at radius 3 is 3.11 bits per heavy atom. The van der Waals surface area contributed by atoms with Gasteiger partial charge in [-0.2, -0.15) is 0 Å². The first-order valence-electron chi connectivity index (χ1n) is 6.29. The summed E-state index contributed by atoms with van der Waals surface area (Å²) < 4.78 is 5.59. The highest BCUT2D eigenvalue weighted by Crippen LogP contribution is 2.30. The maximum absolute atomic E-state index is 11.0. The number of nitro groups is 1. The van der Waals surface area contributed by atoms with Crippen LogP contribution >= 0.6 is 11.6 Å². The first-order chi connectivity index (χ1) is 9.11. The van der Waals surface area contributed by atoms with Crippen LogP contribution in [0.15, 0.2) is 12.1 Å². The molecule has 0 spiro atoms. The smallest absolute Gasteiger partial charge is 0.311 e. The summed E-state index contributed by atoms with van der Waals surface area (Å²) in [5.74, 6) is 0.335. The van der Waals surface area contributed by atoms with Crippen LogP contribution in [0.3, 0.4) is 0 Å². The fourth-order valence-electron chi connectivity index (χ4n) is 2.30. The number of anilines is 1. The molecule has 1 aromatic heterocycles. The Morgan fingerprint density at radius 1 is 1.63 bits per heavy atom. The number of ether oxygens (including phenoxy) is 1. The zero-order valence-electron chi connectivity index (χ0n) is 10.7. The van der Waals surface area contributed by atoms with Crippen molar-refractivity contribution in [2.24, 2.45) is 0 Å². The van der Waals surface area contributed by atoms with Crippen molar-refractivity contribution in [3.8, 4) is 0 Å². The van der Waals surface area contributed by atoms with E-state index in [1.165, 1.54) is 12.1 Å². The predicted molar refractivity (Wildman–Crippen MR) is 72.8 cm³/mol. The minimum Gasteiger partial charge on any atom is -0.377 e. The van der Waals surface area contributed by atoms with Crippen molar-refractivity contribution in [2.45, 2.75) is 25.9 Å². The van der Waals surface area contributed by atoms with Gasteiger partial charge in [-0.3, -0.25) is 10.1 Å². The standard InChI is InChI=1S/C12H16ClN3O3/c1-2-19-9-4-3-7-15(8-9)12-10(16(17)18)5-6-11(13)14-12/h5-6,9H,2-4,7-8H2,1H3. The van der Waals surface area contributed by atoms with Crippen molar-refractivity contribution in [3.05, 3.63) is 27.4 Å². The molecular weight excluding hydrogens is 270 g/mol. The Labute approximate surface area is 116 Å². The number of hydrogen-bond acceptors (Lipinski definition) is 5. The lowest BCUT2D eigenvalue weighted by molar-refractivity contribution is -0.384. The Balaban J connectivity index is 2.24. The third-order valence-electron chi connectivity index (χ3n) is 3.10. The van der Waals surface area contributed by atoms with E-state index in [1.54, 1.807) is 0 Å². The van der Waals surface area contributed by atoms with E-state index in [-0.39, 0.29) is 16.9 Å². The molecule has 0 aromatic carbocycles. The van der Waals surface area contributed by atoms with Crippen molar-refractivity contribution >= 4 is 23.1 Å². The molecule has 1 atom stereocenters. The molecule has 0 amide bonds. The predicted octanol–water partition coefficient (Wildman–Crippen LogP) is 2.65. The number of pyridine rings is 1. The minimum atomic E-state index is -0.428. The average Bonchev–Trinajstić information content (AvgIpc) is 2.39. The van der Waals surface area contributed by atoms with Crippen LogP contribution in [0.2, 0.25) is 5.15 Å². The third kappa shape index (κ3) is 3.33. The number of aromatic nitrogens is 1. The normalized spacial score (nSPS) is 19.5. The van der Waals surface area contributed by atoms with Gasteiger partial charge in [0.2, 0.25) is 5.82 Å². The van der Waals surface area contributed by atoms with Gasteiger partial charge in [0, 0.05) is 25.8 Å². The molecule has 2 rings (SSSR count). The molecule has 6 nitrogen and oxygen atoms in total. The van der Waals surface area contributed by atoms with E-state index in [1.807, 2.05) is 11.8 Å². The molecule has 19 heavy (non-hydrogen) atoms. The molecule has 1 fully saturated rings. The molecule has 1 aromatic rings. The van der Waals surface area contributed by atoms with Crippen LogP contribution in [0.1, 0.15) is 19.8 Å². The van der Waals surface area contributed by atoms with Crippen LogP contribution in [-0.4, -0.2) is 35.7 Å². The topological polar surface area (TPSA) is 68.5 Å². The SMILES string of the molecule is CCOC1CCCN(c2nc(Cl)ccc2[N+](=O)[O-])C1. The highest BCUT2D eigenvalue weighted by Gasteiger charge is 2.27. The van der Waals surface area contributed by atoms with E-state index in [2.05, 4.69) is 4.98 Å². The van der Waals surface area contributed by atoms with Crippen molar-refractivity contribution in [1.29, 1.82) is 0 Å². The zero-order chi connectivity index (χ0) is 13.8. The van der Waals surface area contributed by atoms with Gasteiger partial charge in [-0.1, -0.05) is 11.6 Å². The summed E-state index contributed by atoms with van der Waals surface area (Å²) in [4.78, 5) is 16.6. The summed E-state index contributed by atoms with van der Waals surface area (Å²) in [5.41, 5.74) is -0.0125. The van der Waals surface area contributed by atoms with Crippen LogP contribution in [-0.2, 0) is 4.74 Å². The van der Waals surface area contributed by atoms with Gasteiger partial charge in [-0.15, -0.1) is 0 Å². The summed E-state index contributed by atoms with van der Waals surface area (Å²) in [6, 6.07) is 2.84. The van der Waals surface area contributed by atoms with E-state index < -0.39 is 4.92 Å². The minimum absolute atomic E-state index is 0.0125. The van der Waals surface area contributed by atoms with Crippen LogP contribution < -0.4 is 4.90 Å². The van der Waals surface area contributed by atoms with Crippen LogP contribution in [0.25, 0.3) is 0 Å². The molecule has 0 aliphatic carbocycles. The monoisotopic (exact) mass is 285 g/mol. The third-order valence-corrected chi connectivity index (χ3v) is 3.31. The molecule has 0 N–H and O–H groups in total. The van der Waals surface area contributed by atoms with Gasteiger partial charge in [-0.05, 0) is 25.8 Å². The number of piperidine rings is 1. The Bertz CT molecular complexity index is 468. The van der Waals surface area contributed by atoms with Gasteiger partial charge < -0.3 is 9.64 Å². The molecule has 0 radical (unpaired) electrons. The van der Waals surface area contributed by atoms with Crippen LogP contribution in [0.4, 0.5) is 11.5 Å². The van der Waals surface area contributed by atoms with Gasteiger partial charge in [0.05, 0.1) is 11.0 Å². The molecule has 1 saturated heterocycles. The van der Waals surface area contributed by atoms with Crippen molar-refractivity contribution < 1.29 is 9.66 Å². The van der Waals surface area contributed by atoms with Gasteiger partial charge in [0.15, 0.2) is 0 Å². The lowest BCUT2D eigenvalue weighted by atomic mass is 10.1. The zero-order valence-corrected chi connectivity index (χ0v) is 11.5. The lowest BCUT2D eigenvalue weighted by Crippen LogP contribution is -2.40. The summed E-state index contributed by atoms with van der Waals surface area (Å²) in [7, 11) is 0. The molecular formula is C12H16ClN3O3. The van der Waals surface area contributed by atoms with Gasteiger partial charge in [-0.25, -0.2) is 4.98 Å². The number of nitrogens with zero attached hydrogens (tertiary/aromatic N) is 3. The van der Waals surface area contributed by atoms with E-state index in [0.717, 1.165) is 19.4 Å². The summed E-state index contributed by atoms with van der Waals surface area (Å²) >= 11 is 5.85. The van der Waals surface area contributed by atoms with Gasteiger partial charge in [0.25, 0.3) is 0 Å². The summed E-state index contributed by atoms with van der Waals surface area (Å²) in [5, 5.41) is 11.3. The molecule has 1 aliphatic heterocycles. The number of halogens is 1. The quantitative estimate of drug-likeness (QED) is 0.483. The van der Waals surface area contributed by atoms with E-state index >= 15 is 0 Å². The molecule has 2 heterocycles. The van der Waals surface area contributed by atoms with Crippen molar-refractivity contribution in [2.75, 3.05) is 24.6 Å². The maximum Gasteiger partial charge on any atom is 0.311 e. The fourth-order valence-corrected chi connectivity index (χ4v) is 2.44. The van der Waals surface area contributed by atoms with Crippen molar-refractivity contribution in [1.82, 2.24) is 4.98 Å². The maximum atomic E-state index is 11.0. The number of rotatable bonds is 4. The van der Waals surface area contributed by atoms with E-state index in [0.29, 0.717) is 19.0 Å². The van der Waals surface area contributed by atoms with Crippen molar-refractivity contribution in [3.63, 3.8) is 0 Å². The first-order valence-corrected chi connectivity index (χ1v) is 6.67. The fraction of sp³-hybridized carbons (Fsp3) is 0.583. The summed E-state index contributed by atoms with van der Waals surface area (Å²) in [6.07, 6.45) is 1.99. The van der Waals surface area contributed by atoms with Crippen LogP contribution in [0, 0.1) is 10.1 Å². The molecule has 0 saturated carbocycles. The summed E-state index contributed by atoms with van der Waals surface area (Å²) in [6.45, 7) is 3.93. The second kappa shape index (κ2) is 6.16. The molecule has 7 heteroatoms. The highest BCUT2D eigenvalue weighted by molar-refractivity contribution is 6.29. The average molecular weight is 286 g/mol.